The van der Waals surface area contributed by atoms with Crippen LogP contribution < -0.4 is 0 Å². The van der Waals surface area contributed by atoms with E-state index in [0.29, 0.717) is 35.4 Å². The first-order valence-corrected chi connectivity index (χ1v) is 10.7. The van der Waals surface area contributed by atoms with Gasteiger partial charge < -0.3 is 9.84 Å². The largest absolute Gasteiger partial charge is 0.390 e. The molecule has 0 amide bonds. The number of hydrogen-bond donors (Lipinski definition) is 1. The number of aliphatic hydroxyl groups is 1. The first-order valence-electron chi connectivity index (χ1n) is 10.7. The molecule has 0 aliphatic heterocycles. The molecule has 4 saturated carbocycles. The molecule has 0 heterocycles. The van der Waals surface area contributed by atoms with Crippen molar-refractivity contribution in [1.29, 1.82) is 0 Å². The third-order valence-electron chi connectivity index (χ3n) is 9.48. The van der Waals surface area contributed by atoms with Crippen LogP contribution in [0.1, 0.15) is 65.2 Å². The lowest BCUT2D eigenvalue weighted by atomic mass is 9.43. The highest BCUT2D eigenvalue weighted by Gasteiger charge is 2.63. The third-order valence-corrected chi connectivity index (χ3v) is 9.48. The van der Waals surface area contributed by atoms with E-state index in [0.717, 1.165) is 32.1 Å². The molecular weight excluding hydrogens is 324 g/mol. The molecule has 0 bridgehead atoms. The Kier molecular flexibility index (Phi) is 4.63. The van der Waals surface area contributed by atoms with Crippen LogP contribution in [0.4, 0.5) is 0 Å². The summed E-state index contributed by atoms with van der Waals surface area (Å²) < 4.78 is 5.66. The van der Waals surface area contributed by atoms with Gasteiger partial charge in [-0.25, -0.2) is 0 Å². The van der Waals surface area contributed by atoms with Crippen LogP contribution in [0.25, 0.3) is 0 Å². The molecule has 0 spiro atoms. The topological polar surface area (TPSA) is 46.5 Å². The predicted molar refractivity (Wildman–Crippen MR) is 103 cm³/mol. The van der Waals surface area contributed by atoms with Crippen molar-refractivity contribution in [2.24, 2.45) is 40.4 Å². The van der Waals surface area contributed by atoms with Crippen molar-refractivity contribution in [1.82, 2.24) is 0 Å². The summed E-state index contributed by atoms with van der Waals surface area (Å²) in [4.78, 5) is 12.8. The van der Waals surface area contributed by atoms with Crippen LogP contribution in [0, 0.1) is 40.4 Å². The number of aliphatic hydroxyl groups excluding tert-OH is 1. The van der Waals surface area contributed by atoms with Gasteiger partial charge in [0.2, 0.25) is 0 Å². The molecule has 9 atom stereocenters. The summed E-state index contributed by atoms with van der Waals surface area (Å²) in [7, 11) is 1.74. The molecule has 0 aromatic rings. The minimum Gasteiger partial charge on any atom is -0.390 e. The molecule has 0 radical (unpaired) electrons. The number of hydrogen-bond acceptors (Lipinski definition) is 3. The number of ketones is 1. The maximum Gasteiger partial charge on any atom is 0.136 e. The summed E-state index contributed by atoms with van der Waals surface area (Å²) in [5.41, 5.74) is 0.110. The van der Waals surface area contributed by atoms with Gasteiger partial charge in [-0.15, -0.1) is 6.58 Å². The fraction of sp³-hybridized carbons (Fsp3) is 0.870. The molecule has 0 aromatic carbocycles. The van der Waals surface area contributed by atoms with E-state index in [4.69, 9.17) is 4.74 Å². The molecule has 4 aliphatic carbocycles. The van der Waals surface area contributed by atoms with Crippen LogP contribution in [0.15, 0.2) is 12.7 Å². The van der Waals surface area contributed by atoms with Gasteiger partial charge in [0.05, 0.1) is 12.2 Å². The van der Waals surface area contributed by atoms with Crippen LogP contribution in [0.3, 0.4) is 0 Å². The first kappa shape index (κ1) is 18.7. The molecule has 3 heteroatoms. The van der Waals surface area contributed by atoms with Crippen molar-refractivity contribution < 1.29 is 14.6 Å². The summed E-state index contributed by atoms with van der Waals surface area (Å²) in [6.07, 6.45) is 10.5. The van der Waals surface area contributed by atoms with Crippen LogP contribution >= 0.6 is 0 Å². The highest BCUT2D eigenvalue weighted by molar-refractivity contribution is 5.84. The van der Waals surface area contributed by atoms with Gasteiger partial charge in [0.1, 0.15) is 5.78 Å². The number of carbonyl (C=O) groups is 1. The second kappa shape index (κ2) is 6.44. The van der Waals surface area contributed by atoms with Gasteiger partial charge >= 0.3 is 0 Å². The Morgan fingerprint density at radius 1 is 1.19 bits per heavy atom. The van der Waals surface area contributed by atoms with E-state index in [1.54, 1.807) is 7.11 Å². The molecule has 3 nitrogen and oxygen atoms in total. The summed E-state index contributed by atoms with van der Waals surface area (Å²) in [6, 6.07) is 0. The average molecular weight is 361 g/mol. The van der Waals surface area contributed by atoms with Gasteiger partial charge in [-0.2, -0.15) is 0 Å². The molecule has 0 saturated heterocycles. The lowest BCUT2D eigenvalue weighted by Gasteiger charge is -2.61. The molecule has 0 aromatic heterocycles. The van der Waals surface area contributed by atoms with Gasteiger partial charge in [0.15, 0.2) is 0 Å². The number of carbonyl (C=O) groups excluding carboxylic acids is 1. The summed E-state index contributed by atoms with van der Waals surface area (Å²) >= 11 is 0. The Morgan fingerprint density at radius 3 is 2.62 bits per heavy atom. The van der Waals surface area contributed by atoms with Crippen molar-refractivity contribution in [3.63, 3.8) is 0 Å². The van der Waals surface area contributed by atoms with Crippen molar-refractivity contribution in [3.05, 3.63) is 12.7 Å². The quantitative estimate of drug-likeness (QED) is 0.760. The fourth-order valence-electron chi connectivity index (χ4n) is 8.24. The number of rotatable bonds is 3. The van der Waals surface area contributed by atoms with Crippen molar-refractivity contribution in [3.8, 4) is 0 Å². The van der Waals surface area contributed by atoms with Gasteiger partial charge in [-0.3, -0.25) is 4.79 Å². The zero-order valence-electron chi connectivity index (χ0n) is 16.7. The zero-order valence-corrected chi connectivity index (χ0v) is 16.7. The molecule has 1 N–H and O–H groups in total. The normalized spacial score (nSPS) is 53.3. The number of allylic oxidation sites excluding steroid dienone is 1. The van der Waals surface area contributed by atoms with Gasteiger partial charge in [0.25, 0.3) is 0 Å². The van der Waals surface area contributed by atoms with Crippen molar-refractivity contribution in [2.45, 2.75) is 77.4 Å². The van der Waals surface area contributed by atoms with Gasteiger partial charge in [0, 0.05) is 12.5 Å². The molecule has 4 aliphatic rings. The average Bonchev–Trinajstić information content (AvgIpc) is 3.02. The van der Waals surface area contributed by atoms with Crippen LogP contribution in [0.5, 0.6) is 0 Å². The van der Waals surface area contributed by atoms with Gasteiger partial charge in [-0.1, -0.05) is 13.0 Å². The Bertz CT molecular complexity index is 586. The predicted octanol–water partition coefficient (Wildman–Crippen LogP) is 4.39. The highest BCUT2D eigenvalue weighted by Crippen LogP contribution is 2.68. The van der Waals surface area contributed by atoms with Gasteiger partial charge in [-0.05, 0) is 93.3 Å². The van der Waals surface area contributed by atoms with E-state index in [1.165, 1.54) is 19.3 Å². The second-order valence-electron chi connectivity index (χ2n) is 9.99. The number of Topliss-reactive ketones (excluding diaryl/α,β-unsaturated/α-hetero) is 1. The lowest BCUT2D eigenvalue weighted by molar-refractivity contribution is -0.171. The van der Waals surface area contributed by atoms with E-state index in [9.17, 15) is 9.90 Å². The number of fused-ring (bicyclic) bond motifs is 5. The minimum absolute atomic E-state index is 0.0287. The first-order chi connectivity index (χ1) is 12.4. The summed E-state index contributed by atoms with van der Waals surface area (Å²) in [6.45, 7) is 8.38. The molecule has 26 heavy (non-hydrogen) atoms. The van der Waals surface area contributed by atoms with E-state index in [2.05, 4.69) is 19.6 Å². The Morgan fingerprint density at radius 2 is 1.96 bits per heavy atom. The summed E-state index contributed by atoms with van der Waals surface area (Å²) in [5.74, 6) is 3.25. The standard InChI is InChI=1S/C23H36O3/c1-5-15-7-9-19-17-8-6-16-12-20(25)21(26-4)13-22(16,3)18(17)10-11-23(15,19)14(2)24/h5,15-21,25H,1,6-13H2,2-4H3/t15-,16-,17+,18-,19-,20-,21-,22-,23?/m0/s1. The van der Waals surface area contributed by atoms with E-state index in [1.807, 2.05) is 6.92 Å². The van der Waals surface area contributed by atoms with Crippen molar-refractivity contribution in [2.75, 3.05) is 7.11 Å². The van der Waals surface area contributed by atoms with E-state index < -0.39 is 0 Å². The lowest BCUT2D eigenvalue weighted by Crippen LogP contribution is -2.58. The molecule has 4 rings (SSSR count). The molecule has 1 unspecified atom stereocenters. The Labute approximate surface area is 158 Å². The minimum atomic E-state index is -0.314. The molecule has 4 fully saturated rings. The van der Waals surface area contributed by atoms with E-state index in [-0.39, 0.29) is 23.0 Å². The van der Waals surface area contributed by atoms with Crippen LogP contribution in [-0.2, 0) is 9.53 Å². The number of ether oxygens (including phenoxy) is 1. The molecule has 146 valence electrons. The number of methoxy groups -OCH3 is 1. The van der Waals surface area contributed by atoms with Crippen LogP contribution in [-0.4, -0.2) is 30.2 Å². The SMILES string of the molecule is C=C[C@H]1CC[C@H]2[C@@H]3CC[C@H]4C[C@H](O)[C@@H](OC)C[C@]4(C)[C@H]3CCC12C(C)=O. The third kappa shape index (κ3) is 2.35. The monoisotopic (exact) mass is 360 g/mol. The Hall–Kier alpha value is -0.670. The maximum absolute atomic E-state index is 12.8. The smallest absolute Gasteiger partial charge is 0.136 e. The fourth-order valence-corrected chi connectivity index (χ4v) is 8.24. The Balaban J connectivity index is 1.66. The summed E-state index contributed by atoms with van der Waals surface area (Å²) in [5, 5.41) is 10.5. The second-order valence-corrected chi connectivity index (χ2v) is 9.99. The highest BCUT2D eigenvalue weighted by atomic mass is 16.5. The maximum atomic E-state index is 12.8. The van der Waals surface area contributed by atoms with E-state index >= 15 is 0 Å². The van der Waals surface area contributed by atoms with Crippen molar-refractivity contribution >= 4 is 5.78 Å². The molecular formula is C23H36O3. The zero-order chi connectivity index (χ0) is 18.7. The van der Waals surface area contributed by atoms with Crippen LogP contribution in [0.2, 0.25) is 0 Å².